The van der Waals surface area contributed by atoms with E-state index in [1.807, 2.05) is 0 Å². The van der Waals surface area contributed by atoms with Crippen LogP contribution in [0.1, 0.15) is 22.3 Å². The highest BCUT2D eigenvalue weighted by molar-refractivity contribution is 6.70. The van der Waals surface area contributed by atoms with Crippen LogP contribution in [0.25, 0.3) is 0 Å². The van der Waals surface area contributed by atoms with Gasteiger partial charge in [-0.05, 0) is 61.5 Å². The summed E-state index contributed by atoms with van der Waals surface area (Å²) >= 11 is 0. The second kappa shape index (κ2) is 12.0. The fraction of sp³-hybridized carbons (Fsp3) is 0.333. The Morgan fingerprint density at radius 2 is 0.766 bits per heavy atom. The van der Waals surface area contributed by atoms with Crippen LogP contribution in [0.3, 0.4) is 0 Å². The summed E-state index contributed by atoms with van der Waals surface area (Å²) in [5.74, 6) is 1.58. The minimum absolute atomic E-state index is 0.128. The van der Waals surface area contributed by atoms with E-state index in [2.05, 4.69) is 170 Å². The lowest BCUT2D eigenvalue weighted by Gasteiger charge is -2.48. The van der Waals surface area contributed by atoms with Gasteiger partial charge in [0, 0.05) is 0 Å². The standard InChI is InChI=1S/C39H46N2O4Si2/c1-46(2,3)44-38(30-19-11-7-12-20-30,31-21-13-8-14-22-31)34-27-42-36-37-41(29-40(34)36)35(28-43-37)39(45-47(4,5)6,32-23-15-9-16-24-32)33-25-17-10-18-26-33/h7-26,34-35H,27-29H2,1-6H3/t34-,35-/m1/s1. The largest absolute Gasteiger partial charge is 0.473 e. The van der Waals surface area contributed by atoms with E-state index in [1.54, 1.807) is 0 Å². The van der Waals surface area contributed by atoms with E-state index < -0.39 is 27.8 Å². The van der Waals surface area contributed by atoms with Crippen LogP contribution in [0.2, 0.25) is 39.3 Å². The Kier molecular flexibility index (Phi) is 8.11. The zero-order valence-corrected chi connectivity index (χ0v) is 30.4. The van der Waals surface area contributed by atoms with Gasteiger partial charge in [0.25, 0.3) is 11.8 Å². The first kappa shape index (κ1) is 31.8. The topological polar surface area (TPSA) is 43.4 Å². The predicted molar refractivity (Wildman–Crippen MR) is 191 cm³/mol. The summed E-state index contributed by atoms with van der Waals surface area (Å²) < 4.78 is 28.2. The molecule has 0 spiro atoms. The normalized spacial score (nSPS) is 19.8. The van der Waals surface area contributed by atoms with Crippen molar-refractivity contribution in [3.63, 3.8) is 0 Å². The highest BCUT2D eigenvalue weighted by Crippen LogP contribution is 2.52. The van der Waals surface area contributed by atoms with Gasteiger partial charge in [0.2, 0.25) is 0 Å². The molecule has 3 aliphatic rings. The molecule has 47 heavy (non-hydrogen) atoms. The van der Waals surface area contributed by atoms with Gasteiger partial charge in [-0.15, -0.1) is 0 Å². The highest BCUT2D eigenvalue weighted by Gasteiger charge is 2.60. The van der Waals surface area contributed by atoms with E-state index >= 15 is 0 Å². The van der Waals surface area contributed by atoms with E-state index in [-0.39, 0.29) is 12.1 Å². The summed E-state index contributed by atoms with van der Waals surface area (Å²) in [6.07, 6.45) is 0. The van der Waals surface area contributed by atoms with Crippen LogP contribution in [0.4, 0.5) is 0 Å². The van der Waals surface area contributed by atoms with Crippen LogP contribution in [0.15, 0.2) is 133 Å². The molecule has 0 bridgehead atoms. The second-order valence-electron chi connectivity index (χ2n) is 14.7. The van der Waals surface area contributed by atoms with Crippen molar-refractivity contribution >= 4 is 16.6 Å². The molecular weight excluding hydrogens is 617 g/mol. The van der Waals surface area contributed by atoms with Gasteiger partial charge in [-0.25, -0.2) is 0 Å². The van der Waals surface area contributed by atoms with Crippen LogP contribution in [-0.4, -0.2) is 58.4 Å². The molecule has 0 N–H and O–H groups in total. The predicted octanol–water partition coefficient (Wildman–Crippen LogP) is 8.08. The van der Waals surface area contributed by atoms with E-state index in [0.29, 0.717) is 19.9 Å². The van der Waals surface area contributed by atoms with Crippen molar-refractivity contribution in [2.24, 2.45) is 0 Å². The minimum Gasteiger partial charge on any atom is -0.473 e. The van der Waals surface area contributed by atoms with Crippen LogP contribution in [0, 0.1) is 0 Å². The summed E-state index contributed by atoms with van der Waals surface area (Å²) in [5, 5.41) is 0. The molecule has 3 heterocycles. The smallest absolute Gasteiger partial charge is 0.254 e. The maximum absolute atomic E-state index is 7.43. The van der Waals surface area contributed by atoms with Crippen molar-refractivity contribution in [2.45, 2.75) is 62.6 Å². The first-order valence-corrected chi connectivity index (χ1v) is 23.5. The van der Waals surface area contributed by atoms with Crippen molar-refractivity contribution < 1.29 is 18.3 Å². The first-order valence-electron chi connectivity index (χ1n) is 16.7. The van der Waals surface area contributed by atoms with Crippen molar-refractivity contribution in [1.82, 2.24) is 9.80 Å². The maximum Gasteiger partial charge on any atom is 0.254 e. The van der Waals surface area contributed by atoms with Crippen LogP contribution >= 0.6 is 0 Å². The molecule has 3 aliphatic heterocycles. The van der Waals surface area contributed by atoms with Gasteiger partial charge in [0.15, 0.2) is 16.6 Å². The Morgan fingerprint density at radius 1 is 0.489 bits per heavy atom. The Hall–Kier alpha value is -3.83. The minimum atomic E-state index is -2.11. The Balaban J connectivity index is 1.36. The monoisotopic (exact) mass is 662 g/mol. The lowest BCUT2D eigenvalue weighted by Crippen LogP contribution is -2.58. The Labute approximate surface area is 281 Å². The van der Waals surface area contributed by atoms with Gasteiger partial charge in [-0.1, -0.05) is 121 Å². The van der Waals surface area contributed by atoms with E-state index in [4.69, 9.17) is 18.3 Å². The fourth-order valence-electron chi connectivity index (χ4n) is 7.66. The molecule has 2 saturated heterocycles. The molecule has 0 aliphatic carbocycles. The summed E-state index contributed by atoms with van der Waals surface area (Å²) in [5.41, 5.74) is 3.00. The summed E-state index contributed by atoms with van der Waals surface area (Å²) in [4.78, 5) is 4.77. The van der Waals surface area contributed by atoms with Gasteiger partial charge in [-0.3, -0.25) is 0 Å². The van der Waals surface area contributed by atoms with E-state index in [0.717, 1.165) is 34.0 Å². The molecule has 0 unspecified atom stereocenters. The molecule has 0 radical (unpaired) electrons. The third-order valence-corrected chi connectivity index (χ3v) is 11.1. The summed E-state index contributed by atoms with van der Waals surface area (Å²) in [6.45, 7) is 15.2. The van der Waals surface area contributed by atoms with Gasteiger partial charge >= 0.3 is 0 Å². The molecule has 0 amide bonds. The van der Waals surface area contributed by atoms with Crippen LogP contribution in [-0.2, 0) is 29.5 Å². The van der Waals surface area contributed by atoms with Crippen molar-refractivity contribution in [3.05, 3.63) is 155 Å². The molecule has 7 rings (SSSR count). The number of ether oxygens (including phenoxy) is 2. The zero-order valence-electron chi connectivity index (χ0n) is 28.4. The van der Waals surface area contributed by atoms with Gasteiger partial charge in [0.1, 0.15) is 36.5 Å². The molecule has 8 heteroatoms. The third kappa shape index (κ3) is 5.61. The molecular formula is C39H46N2O4Si2. The van der Waals surface area contributed by atoms with Crippen LogP contribution < -0.4 is 0 Å². The Bertz CT molecular complexity index is 1500. The van der Waals surface area contributed by atoms with Crippen molar-refractivity contribution in [2.75, 3.05) is 19.9 Å². The third-order valence-electron chi connectivity index (χ3n) is 9.20. The molecule has 0 aromatic heterocycles. The van der Waals surface area contributed by atoms with Gasteiger partial charge in [0.05, 0.1) is 6.67 Å². The lowest BCUT2D eigenvalue weighted by molar-refractivity contribution is -0.0104. The lowest BCUT2D eigenvalue weighted by atomic mass is 9.79. The van der Waals surface area contributed by atoms with Crippen molar-refractivity contribution in [1.29, 1.82) is 0 Å². The molecule has 2 atom stereocenters. The first-order chi connectivity index (χ1) is 22.5. The number of nitrogens with zero attached hydrogens (tertiary/aromatic N) is 2. The average Bonchev–Trinajstić information content (AvgIpc) is 3.76. The van der Waals surface area contributed by atoms with Gasteiger partial charge < -0.3 is 28.1 Å². The fourth-order valence-corrected chi connectivity index (χ4v) is 10.3. The quantitative estimate of drug-likeness (QED) is 0.160. The van der Waals surface area contributed by atoms with E-state index in [1.165, 1.54) is 0 Å². The number of rotatable bonds is 10. The number of hydrogen-bond donors (Lipinski definition) is 0. The highest BCUT2D eigenvalue weighted by atomic mass is 28.4. The molecule has 244 valence electrons. The molecule has 2 fully saturated rings. The van der Waals surface area contributed by atoms with Crippen molar-refractivity contribution in [3.8, 4) is 0 Å². The van der Waals surface area contributed by atoms with Crippen LogP contribution in [0.5, 0.6) is 0 Å². The number of benzene rings is 4. The second-order valence-corrected chi connectivity index (χ2v) is 23.6. The number of fused-ring (bicyclic) bond motifs is 2. The molecule has 0 saturated carbocycles. The molecule has 4 aromatic carbocycles. The summed E-state index contributed by atoms with van der Waals surface area (Å²) in [6, 6.07) is 42.5. The molecule has 4 aromatic rings. The summed E-state index contributed by atoms with van der Waals surface area (Å²) in [7, 11) is -4.23. The average molecular weight is 663 g/mol. The maximum atomic E-state index is 7.43. The SMILES string of the molecule is C[Si](C)(C)OC(c1ccccc1)(c1ccccc1)[C@H]1COC2=C3OC[C@H](C(O[Si](C)(C)C)(c4ccccc4)c4ccccc4)N3CN21. The Morgan fingerprint density at radius 3 is 1.02 bits per heavy atom. The number of hydrogen-bond acceptors (Lipinski definition) is 6. The zero-order chi connectivity index (χ0) is 32.9. The van der Waals surface area contributed by atoms with Gasteiger partial charge in [-0.2, -0.15) is 0 Å². The van der Waals surface area contributed by atoms with E-state index in [9.17, 15) is 0 Å². The molecule has 6 nitrogen and oxygen atoms in total.